The molecule has 2 nitrogen and oxygen atoms in total. The van der Waals surface area contributed by atoms with Gasteiger partial charge in [-0.3, -0.25) is 0 Å². The molecule has 0 radical (unpaired) electrons. The van der Waals surface area contributed by atoms with Gasteiger partial charge in [0.1, 0.15) is 5.82 Å². The van der Waals surface area contributed by atoms with E-state index >= 15 is 0 Å². The molecule has 0 amide bonds. The molecule has 0 aliphatic heterocycles. The summed E-state index contributed by atoms with van der Waals surface area (Å²) < 4.78 is 13.6. The van der Waals surface area contributed by atoms with E-state index in [9.17, 15) is 9.50 Å². The minimum atomic E-state index is -0.714. The topological polar surface area (TPSA) is 33.1 Å². The summed E-state index contributed by atoms with van der Waals surface area (Å²) >= 11 is 4.55. The standard InChI is InChI=1S/C11H9BrFNOS/c12-8-2-1-7(5-9(8)13)10(15)6-11-14-3-4-16-11/h1-5,10,15H,6H2. The van der Waals surface area contributed by atoms with Gasteiger partial charge in [0.25, 0.3) is 0 Å². The van der Waals surface area contributed by atoms with Crippen LogP contribution in [-0.2, 0) is 6.42 Å². The molecule has 1 unspecified atom stereocenters. The Hall–Kier alpha value is -0.780. The summed E-state index contributed by atoms with van der Waals surface area (Å²) in [5.74, 6) is -0.365. The number of thiazole rings is 1. The number of aliphatic hydroxyl groups is 1. The van der Waals surface area contributed by atoms with Crippen LogP contribution < -0.4 is 0 Å². The third-order valence-electron chi connectivity index (χ3n) is 2.18. The van der Waals surface area contributed by atoms with Crippen molar-refractivity contribution in [3.8, 4) is 0 Å². The van der Waals surface area contributed by atoms with E-state index in [2.05, 4.69) is 20.9 Å². The van der Waals surface area contributed by atoms with Crippen molar-refractivity contribution >= 4 is 27.3 Å². The summed E-state index contributed by atoms with van der Waals surface area (Å²) in [6, 6.07) is 4.63. The first-order valence-corrected chi connectivity index (χ1v) is 6.35. The van der Waals surface area contributed by atoms with Crippen molar-refractivity contribution in [2.75, 3.05) is 0 Å². The molecular weight excluding hydrogens is 293 g/mol. The molecule has 1 atom stereocenters. The van der Waals surface area contributed by atoms with E-state index in [-0.39, 0.29) is 5.82 Å². The Morgan fingerprint density at radius 1 is 1.50 bits per heavy atom. The SMILES string of the molecule is OC(Cc1nccs1)c1ccc(Br)c(F)c1. The maximum Gasteiger partial charge on any atom is 0.137 e. The lowest BCUT2D eigenvalue weighted by molar-refractivity contribution is 0.178. The van der Waals surface area contributed by atoms with E-state index in [1.807, 2.05) is 5.38 Å². The molecule has 1 aromatic heterocycles. The van der Waals surface area contributed by atoms with E-state index in [1.165, 1.54) is 17.4 Å². The summed E-state index contributed by atoms with van der Waals surface area (Å²) in [7, 11) is 0. The van der Waals surface area contributed by atoms with Gasteiger partial charge in [-0.05, 0) is 33.6 Å². The van der Waals surface area contributed by atoms with E-state index in [1.54, 1.807) is 18.3 Å². The Labute approximate surface area is 105 Å². The van der Waals surface area contributed by atoms with Crippen LogP contribution in [0.1, 0.15) is 16.7 Å². The summed E-state index contributed by atoms with van der Waals surface area (Å²) in [6.45, 7) is 0. The van der Waals surface area contributed by atoms with Gasteiger partial charge in [0.15, 0.2) is 0 Å². The number of benzene rings is 1. The Morgan fingerprint density at radius 3 is 2.94 bits per heavy atom. The van der Waals surface area contributed by atoms with Crippen LogP contribution in [0.3, 0.4) is 0 Å². The molecule has 1 aromatic carbocycles. The number of nitrogens with zero attached hydrogens (tertiary/aromatic N) is 1. The molecule has 2 aromatic rings. The minimum Gasteiger partial charge on any atom is -0.388 e. The Balaban J connectivity index is 2.14. The van der Waals surface area contributed by atoms with Gasteiger partial charge < -0.3 is 5.11 Å². The van der Waals surface area contributed by atoms with Gasteiger partial charge in [-0.15, -0.1) is 11.3 Å². The molecule has 0 saturated heterocycles. The second kappa shape index (κ2) is 5.03. The third-order valence-corrected chi connectivity index (χ3v) is 3.62. The zero-order valence-electron chi connectivity index (χ0n) is 8.23. The quantitative estimate of drug-likeness (QED) is 0.943. The highest BCUT2D eigenvalue weighted by molar-refractivity contribution is 9.10. The largest absolute Gasteiger partial charge is 0.388 e. The fraction of sp³-hybridized carbons (Fsp3) is 0.182. The molecular formula is C11H9BrFNOS. The molecule has 0 bridgehead atoms. The van der Waals surface area contributed by atoms with E-state index in [0.717, 1.165) is 5.01 Å². The molecule has 0 saturated carbocycles. The number of rotatable bonds is 3. The monoisotopic (exact) mass is 301 g/mol. The van der Waals surface area contributed by atoms with Gasteiger partial charge >= 0.3 is 0 Å². The van der Waals surface area contributed by atoms with Crippen LogP contribution in [0.2, 0.25) is 0 Å². The summed E-state index contributed by atoms with van der Waals surface area (Å²) in [5.41, 5.74) is 0.566. The van der Waals surface area contributed by atoms with Gasteiger partial charge in [-0.1, -0.05) is 6.07 Å². The predicted octanol–water partition coefficient (Wildman–Crippen LogP) is 3.32. The Morgan fingerprint density at radius 2 is 2.31 bits per heavy atom. The van der Waals surface area contributed by atoms with Gasteiger partial charge in [0, 0.05) is 18.0 Å². The lowest BCUT2D eigenvalue weighted by Crippen LogP contribution is -2.02. The molecule has 16 heavy (non-hydrogen) atoms. The highest BCUT2D eigenvalue weighted by Crippen LogP contribution is 2.23. The molecule has 1 N–H and O–H groups in total. The maximum absolute atomic E-state index is 13.2. The van der Waals surface area contributed by atoms with E-state index in [4.69, 9.17) is 0 Å². The molecule has 0 aliphatic carbocycles. The van der Waals surface area contributed by atoms with E-state index < -0.39 is 6.10 Å². The van der Waals surface area contributed by atoms with Crippen molar-refractivity contribution in [1.29, 1.82) is 0 Å². The normalized spacial score (nSPS) is 12.7. The summed E-state index contributed by atoms with van der Waals surface area (Å²) in [4.78, 5) is 4.08. The summed E-state index contributed by atoms with van der Waals surface area (Å²) in [5, 5.41) is 12.6. The fourth-order valence-electron chi connectivity index (χ4n) is 1.36. The predicted molar refractivity (Wildman–Crippen MR) is 64.9 cm³/mol. The molecule has 0 fully saturated rings. The van der Waals surface area contributed by atoms with Gasteiger partial charge in [-0.2, -0.15) is 0 Å². The van der Waals surface area contributed by atoms with Crippen LogP contribution in [0.15, 0.2) is 34.2 Å². The van der Waals surface area contributed by atoms with Crippen molar-refractivity contribution in [3.05, 3.63) is 50.6 Å². The smallest absolute Gasteiger partial charge is 0.137 e. The molecule has 0 spiro atoms. The van der Waals surface area contributed by atoms with Crippen LogP contribution in [0.25, 0.3) is 0 Å². The van der Waals surface area contributed by atoms with Crippen molar-refractivity contribution in [3.63, 3.8) is 0 Å². The average Bonchev–Trinajstić information content (AvgIpc) is 2.74. The van der Waals surface area contributed by atoms with Crippen molar-refractivity contribution in [2.24, 2.45) is 0 Å². The van der Waals surface area contributed by atoms with Crippen LogP contribution in [0.5, 0.6) is 0 Å². The van der Waals surface area contributed by atoms with Crippen molar-refractivity contribution < 1.29 is 9.50 Å². The molecule has 1 heterocycles. The second-order valence-electron chi connectivity index (χ2n) is 3.32. The van der Waals surface area contributed by atoms with Crippen molar-refractivity contribution in [1.82, 2.24) is 4.98 Å². The zero-order chi connectivity index (χ0) is 11.5. The lowest BCUT2D eigenvalue weighted by Gasteiger charge is -2.09. The zero-order valence-corrected chi connectivity index (χ0v) is 10.6. The van der Waals surface area contributed by atoms with Gasteiger partial charge in [0.2, 0.25) is 0 Å². The van der Waals surface area contributed by atoms with Gasteiger partial charge in [-0.25, -0.2) is 9.37 Å². The highest BCUT2D eigenvalue weighted by atomic mass is 79.9. The number of hydrogen-bond acceptors (Lipinski definition) is 3. The molecule has 2 rings (SSSR count). The molecule has 84 valence electrons. The first kappa shape index (κ1) is 11.7. The minimum absolute atomic E-state index is 0.365. The Kier molecular flexibility index (Phi) is 3.68. The first-order chi connectivity index (χ1) is 7.66. The number of halogens is 2. The highest BCUT2D eigenvalue weighted by Gasteiger charge is 2.12. The van der Waals surface area contributed by atoms with Gasteiger partial charge in [0.05, 0.1) is 15.6 Å². The van der Waals surface area contributed by atoms with Crippen LogP contribution in [0, 0.1) is 5.82 Å². The molecule has 5 heteroatoms. The fourth-order valence-corrected chi connectivity index (χ4v) is 2.26. The second-order valence-corrected chi connectivity index (χ2v) is 5.15. The van der Waals surface area contributed by atoms with E-state index in [0.29, 0.717) is 16.5 Å². The average molecular weight is 302 g/mol. The van der Waals surface area contributed by atoms with Crippen LogP contribution >= 0.6 is 27.3 Å². The van der Waals surface area contributed by atoms with Crippen LogP contribution in [0.4, 0.5) is 4.39 Å². The summed E-state index contributed by atoms with van der Waals surface area (Å²) in [6.07, 6.45) is 1.39. The number of aliphatic hydroxyl groups excluding tert-OH is 1. The molecule has 0 aliphatic rings. The Bertz CT molecular complexity index is 475. The first-order valence-electron chi connectivity index (χ1n) is 4.68. The van der Waals surface area contributed by atoms with Crippen molar-refractivity contribution in [2.45, 2.75) is 12.5 Å². The number of aromatic nitrogens is 1. The van der Waals surface area contributed by atoms with Crippen LogP contribution in [-0.4, -0.2) is 10.1 Å². The number of hydrogen-bond donors (Lipinski definition) is 1. The maximum atomic E-state index is 13.2. The third kappa shape index (κ3) is 2.66. The lowest BCUT2D eigenvalue weighted by atomic mass is 10.1.